The van der Waals surface area contributed by atoms with Crippen LogP contribution in [0, 0.1) is 0 Å². The van der Waals surface area contributed by atoms with Gasteiger partial charge in [-0.1, -0.05) is 20.8 Å². The van der Waals surface area contributed by atoms with Crippen LogP contribution in [0.5, 0.6) is 0 Å². The van der Waals surface area contributed by atoms with E-state index in [0.717, 1.165) is 13.0 Å². The lowest BCUT2D eigenvalue weighted by Crippen LogP contribution is -2.54. The number of nitrogens with one attached hydrogen (secondary N) is 1. The van der Waals surface area contributed by atoms with E-state index in [4.69, 9.17) is 5.73 Å². The molecule has 4 unspecified atom stereocenters. The highest BCUT2D eigenvalue weighted by Crippen LogP contribution is 2.26. The lowest BCUT2D eigenvalue weighted by Gasteiger charge is -2.31. The van der Waals surface area contributed by atoms with Crippen molar-refractivity contribution >= 4 is 17.7 Å². The van der Waals surface area contributed by atoms with E-state index < -0.39 is 5.54 Å². The van der Waals surface area contributed by atoms with E-state index in [1.54, 1.807) is 18.7 Å². The quantitative estimate of drug-likeness (QED) is 0.597. The molecule has 0 bridgehead atoms. The third-order valence-electron chi connectivity index (χ3n) is 3.13. The molecule has 0 aliphatic rings. The molecule has 0 saturated heterocycles. The molecule has 0 fully saturated rings. The molecule has 4 N–H and O–H groups in total. The predicted molar refractivity (Wildman–Crippen MR) is 78.7 cm³/mol. The molecule has 0 rings (SSSR count). The van der Waals surface area contributed by atoms with Crippen LogP contribution in [-0.2, 0) is 4.79 Å². The Bertz CT molecular complexity index is 261. The first-order chi connectivity index (χ1) is 8.23. The van der Waals surface area contributed by atoms with Crippen molar-refractivity contribution in [1.82, 2.24) is 5.32 Å². The fraction of sp³-hybridized carbons (Fsp3) is 0.923. The predicted octanol–water partition coefficient (Wildman–Crippen LogP) is 1.51. The molecule has 0 aromatic carbocycles. The summed E-state index contributed by atoms with van der Waals surface area (Å²) in [6, 6.07) is 0. The Morgan fingerprint density at radius 1 is 1.44 bits per heavy atom. The fourth-order valence-electron chi connectivity index (χ4n) is 1.76. The third-order valence-corrected chi connectivity index (χ3v) is 4.59. The Labute approximate surface area is 115 Å². The number of thioether (sulfide) groups is 1. The molecule has 0 heterocycles. The summed E-state index contributed by atoms with van der Waals surface area (Å²) < 4.78 is 0. The van der Waals surface area contributed by atoms with Crippen LogP contribution in [-0.4, -0.2) is 39.7 Å². The zero-order chi connectivity index (χ0) is 14.3. The van der Waals surface area contributed by atoms with Crippen molar-refractivity contribution in [3.8, 4) is 0 Å². The fourth-order valence-corrected chi connectivity index (χ4v) is 3.15. The molecule has 18 heavy (non-hydrogen) atoms. The highest BCUT2D eigenvalue weighted by atomic mass is 32.2. The molecule has 4 atom stereocenters. The number of hydrogen-bond donors (Lipinski definition) is 3. The Balaban J connectivity index is 4.44. The van der Waals surface area contributed by atoms with E-state index in [-0.39, 0.29) is 22.5 Å². The summed E-state index contributed by atoms with van der Waals surface area (Å²) >= 11 is 1.69. The highest BCUT2D eigenvalue weighted by molar-refractivity contribution is 8.00. The van der Waals surface area contributed by atoms with Gasteiger partial charge in [-0.25, -0.2) is 0 Å². The number of amides is 1. The number of carbonyl (C=O) groups is 1. The van der Waals surface area contributed by atoms with Crippen molar-refractivity contribution in [2.45, 2.75) is 69.6 Å². The van der Waals surface area contributed by atoms with E-state index in [9.17, 15) is 9.90 Å². The van der Waals surface area contributed by atoms with Crippen molar-refractivity contribution in [2.24, 2.45) is 5.73 Å². The van der Waals surface area contributed by atoms with E-state index in [2.05, 4.69) is 19.2 Å². The maximum Gasteiger partial charge on any atom is 0.237 e. The first-order valence-electron chi connectivity index (χ1n) is 6.61. The van der Waals surface area contributed by atoms with Gasteiger partial charge >= 0.3 is 0 Å². The summed E-state index contributed by atoms with van der Waals surface area (Å²) in [7, 11) is 0. The molecule has 108 valence electrons. The van der Waals surface area contributed by atoms with Crippen LogP contribution < -0.4 is 11.1 Å². The molecular weight excluding hydrogens is 248 g/mol. The Morgan fingerprint density at radius 2 is 2.00 bits per heavy atom. The van der Waals surface area contributed by atoms with E-state index >= 15 is 0 Å². The summed E-state index contributed by atoms with van der Waals surface area (Å²) in [5, 5.41) is 13.1. The second-order valence-corrected chi connectivity index (χ2v) is 7.04. The molecule has 0 aliphatic carbocycles. The highest BCUT2D eigenvalue weighted by Gasteiger charge is 2.32. The molecule has 0 aliphatic heterocycles. The van der Waals surface area contributed by atoms with Gasteiger partial charge in [0.15, 0.2) is 0 Å². The molecule has 0 radical (unpaired) electrons. The molecule has 0 aromatic heterocycles. The average Bonchev–Trinajstić information content (AvgIpc) is 2.25. The normalized spacial score (nSPS) is 19.9. The van der Waals surface area contributed by atoms with Crippen LogP contribution >= 0.6 is 11.8 Å². The largest absolute Gasteiger partial charge is 0.392 e. The summed E-state index contributed by atoms with van der Waals surface area (Å²) in [4.78, 5) is 11.6. The standard InChI is InChI=1S/C13H28N2O2S/c1-6-7-15-13(5,12(14)17)8-9(2)18-11(4)10(3)16/h9-11,15-16H,6-8H2,1-5H3,(H2,14,17). The van der Waals surface area contributed by atoms with Gasteiger partial charge in [-0.3, -0.25) is 4.79 Å². The van der Waals surface area contributed by atoms with Gasteiger partial charge in [0.25, 0.3) is 0 Å². The minimum atomic E-state index is -0.666. The Morgan fingerprint density at radius 3 is 2.39 bits per heavy atom. The number of rotatable bonds is 9. The first kappa shape index (κ1) is 17.7. The van der Waals surface area contributed by atoms with Crippen molar-refractivity contribution in [3.05, 3.63) is 0 Å². The van der Waals surface area contributed by atoms with Crippen LogP contribution in [0.1, 0.15) is 47.5 Å². The molecule has 4 nitrogen and oxygen atoms in total. The second kappa shape index (κ2) is 8.02. The van der Waals surface area contributed by atoms with E-state index in [1.807, 2.05) is 13.8 Å². The lowest BCUT2D eigenvalue weighted by molar-refractivity contribution is -0.124. The SMILES string of the molecule is CCCNC(C)(CC(C)SC(C)C(C)O)C(N)=O. The number of carbonyl (C=O) groups excluding carboxylic acids is 1. The zero-order valence-electron chi connectivity index (χ0n) is 12.2. The molecule has 1 amide bonds. The van der Waals surface area contributed by atoms with Crippen molar-refractivity contribution in [1.29, 1.82) is 0 Å². The van der Waals surface area contributed by atoms with Gasteiger partial charge in [-0.05, 0) is 33.2 Å². The molecular formula is C13H28N2O2S. The summed E-state index contributed by atoms with van der Waals surface area (Å²) in [6.45, 7) is 10.5. The topological polar surface area (TPSA) is 75.3 Å². The molecule has 0 saturated carbocycles. The lowest BCUT2D eigenvalue weighted by atomic mass is 9.95. The van der Waals surface area contributed by atoms with Gasteiger partial charge in [0, 0.05) is 10.5 Å². The summed E-state index contributed by atoms with van der Waals surface area (Å²) in [5.41, 5.74) is 4.82. The van der Waals surface area contributed by atoms with Crippen LogP contribution in [0.25, 0.3) is 0 Å². The molecule has 5 heteroatoms. The van der Waals surface area contributed by atoms with Gasteiger partial charge in [0.05, 0.1) is 11.6 Å². The summed E-state index contributed by atoms with van der Waals surface area (Å²) in [6.07, 6.45) is 1.29. The maximum atomic E-state index is 11.6. The van der Waals surface area contributed by atoms with Gasteiger partial charge in [0.1, 0.15) is 0 Å². The van der Waals surface area contributed by atoms with Crippen molar-refractivity contribution in [3.63, 3.8) is 0 Å². The van der Waals surface area contributed by atoms with Crippen LogP contribution in [0.3, 0.4) is 0 Å². The first-order valence-corrected chi connectivity index (χ1v) is 7.55. The summed E-state index contributed by atoms with van der Waals surface area (Å²) in [5.74, 6) is -0.312. The number of nitrogens with two attached hydrogens (primary N) is 1. The third kappa shape index (κ3) is 6.07. The van der Waals surface area contributed by atoms with Crippen molar-refractivity contribution < 1.29 is 9.90 Å². The Hall–Kier alpha value is -0.260. The number of primary amides is 1. The van der Waals surface area contributed by atoms with E-state index in [0.29, 0.717) is 6.42 Å². The van der Waals surface area contributed by atoms with Crippen molar-refractivity contribution in [2.75, 3.05) is 6.54 Å². The molecule has 0 aromatic rings. The maximum absolute atomic E-state index is 11.6. The number of aliphatic hydroxyl groups is 1. The van der Waals surface area contributed by atoms with E-state index in [1.165, 1.54) is 0 Å². The molecule has 0 spiro atoms. The number of hydrogen-bond acceptors (Lipinski definition) is 4. The second-order valence-electron chi connectivity index (χ2n) is 5.22. The van der Waals surface area contributed by atoms with Gasteiger partial charge < -0.3 is 16.2 Å². The Kier molecular flexibility index (Phi) is 7.90. The smallest absolute Gasteiger partial charge is 0.237 e. The minimum absolute atomic E-state index is 0.156. The van der Waals surface area contributed by atoms with Crippen LogP contribution in [0.2, 0.25) is 0 Å². The monoisotopic (exact) mass is 276 g/mol. The van der Waals surface area contributed by atoms with Gasteiger partial charge in [-0.2, -0.15) is 11.8 Å². The average molecular weight is 276 g/mol. The minimum Gasteiger partial charge on any atom is -0.392 e. The zero-order valence-corrected chi connectivity index (χ0v) is 13.0. The number of aliphatic hydroxyl groups excluding tert-OH is 1. The van der Waals surface area contributed by atoms with Gasteiger partial charge in [0.2, 0.25) is 5.91 Å². The van der Waals surface area contributed by atoms with Crippen LogP contribution in [0.4, 0.5) is 0 Å². The van der Waals surface area contributed by atoms with Crippen LogP contribution in [0.15, 0.2) is 0 Å². The van der Waals surface area contributed by atoms with Gasteiger partial charge in [-0.15, -0.1) is 0 Å².